The Kier molecular flexibility index (Phi) is 3.67. The molecule has 25 heavy (non-hydrogen) atoms. The van der Waals surface area contributed by atoms with Gasteiger partial charge in [-0.05, 0) is 25.0 Å². The van der Waals surface area contributed by atoms with Gasteiger partial charge in [-0.2, -0.15) is 0 Å². The second kappa shape index (κ2) is 5.75. The number of nitrogens with zero attached hydrogens (tertiary/aromatic N) is 2. The molecule has 2 heterocycles. The van der Waals surface area contributed by atoms with E-state index in [0.717, 1.165) is 18.0 Å². The Labute approximate surface area is 145 Å². The first-order chi connectivity index (χ1) is 11.9. The fraction of sp³-hybridized carbons (Fsp3) is 0.500. The quantitative estimate of drug-likeness (QED) is 0.475. The van der Waals surface area contributed by atoms with Gasteiger partial charge in [0.1, 0.15) is 12.4 Å². The van der Waals surface area contributed by atoms with E-state index < -0.39 is 23.6 Å². The van der Waals surface area contributed by atoms with Crippen molar-refractivity contribution in [3.05, 3.63) is 18.2 Å². The highest BCUT2D eigenvalue weighted by Gasteiger charge is 2.42. The van der Waals surface area contributed by atoms with Gasteiger partial charge in [0.25, 0.3) is 5.79 Å². The van der Waals surface area contributed by atoms with Crippen molar-refractivity contribution in [2.75, 3.05) is 18.1 Å². The number of ether oxygens (including phenoxy) is 3. The highest BCUT2D eigenvalue weighted by molar-refractivity contribution is 6.10. The Morgan fingerprint density at radius 2 is 1.92 bits per heavy atom. The Bertz CT molecular complexity index is 734. The van der Waals surface area contributed by atoms with Crippen molar-refractivity contribution >= 4 is 29.5 Å². The van der Waals surface area contributed by atoms with Crippen LogP contribution in [-0.4, -0.2) is 43.1 Å². The summed E-state index contributed by atoms with van der Waals surface area (Å²) in [7, 11) is 0. The van der Waals surface area contributed by atoms with Gasteiger partial charge in [0.05, 0.1) is 17.9 Å². The van der Waals surface area contributed by atoms with Gasteiger partial charge in [-0.1, -0.05) is 0 Å². The SMILES string of the molecule is CC1(C)OC(=O)C(/C=N/c2ccc3c(c2)OCCN3C2CC2)C(=O)O1. The molecule has 7 nitrogen and oxygen atoms in total. The van der Waals surface area contributed by atoms with Crippen molar-refractivity contribution in [3.63, 3.8) is 0 Å². The number of hydrogen-bond acceptors (Lipinski definition) is 7. The van der Waals surface area contributed by atoms with Gasteiger partial charge in [-0.25, -0.2) is 0 Å². The summed E-state index contributed by atoms with van der Waals surface area (Å²) in [6.45, 7) is 4.58. The molecule has 1 aliphatic carbocycles. The van der Waals surface area contributed by atoms with Gasteiger partial charge in [0.15, 0.2) is 5.92 Å². The minimum atomic E-state index is -1.23. The number of aliphatic imine (C=N–C) groups is 1. The monoisotopic (exact) mass is 344 g/mol. The number of anilines is 1. The number of carbonyl (C=O) groups excluding carboxylic acids is 2. The molecule has 3 aliphatic rings. The van der Waals surface area contributed by atoms with Crippen LogP contribution in [0.25, 0.3) is 0 Å². The van der Waals surface area contributed by atoms with Crippen LogP contribution in [0.3, 0.4) is 0 Å². The standard InChI is InChI=1S/C18H20N2O5/c1-18(2)24-16(21)13(17(22)25-18)10-19-11-3-6-14-15(9-11)23-8-7-20(14)12-4-5-12/h3,6,9-10,12-13H,4-5,7-8H2,1-2H3/b19-10+. The molecule has 0 unspecified atom stereocenters. The van der Waals surface area contributed by atoms with E-state index in [1.165, 1.54) is 32.9 Å². The van der Waals surface area contributed by atoms with Crippen LogP contribution in [0.2, 0.25) is 0 Å². The zero-order chi connectivity index (χ0) is 17.6. The number of hydrogen-bond donors (Lipinski definition) is 0. The third kappa shape index (κ3) is 3.18. The third-order valence-electron chi connectivity index (χ3n) is 4.40. The molecule has 0 atom stereocenters. The number of fused-ring (bicyclic) bond motifs is 1. The minimum Gasteiger partial charge on any atom is -0.489 e. The van der Waals surface area contributed by atoms with E-state index in [2.05, 4.69) is 9.89 Å². The topological polar surface area (TPSA) is 77.4 Å². The molecule has 2 aliphatic heterocycles. The van der Waals surface area contributed by atoms with Crippen molar-refractivity contribution in [2.24, 2.45) is 10.9 Å². The first-order valence-corrected chi connectivity index (χ1v) is 8.46. The number of esters is 2. The first kappa shape index (κ1) is 15.9. The van der Waals surface area contributed by atoms with Crippen LogP contribution < -0.4 is 9.64 Å². The Balaban J connectivity index is 1.52. The van der Waals surface area contributed by atoms with Crippen molar-refractivity contribution < 1.29 is 23.8 Å². The van der Waals surface area contributed by atoms with Gasteiger partial charge >= 0.3 is 11.9 Å². The van der Waals surface area contributed by atoms with Gasteiger partial charge < -0.3 is 19.1 Å². The lowest BCUT2D eigenvalue weighted by molar-refractivity contribution is -0.235. The summed E-state index contributed by atoms with van der Waals surface area (Å²) in [5, 5.41) is 0. The van der Waals surface area contributed by atoms with Crippen LogP contribution in [-0.2, 0) is 19.1 Å². The molecule has 1 saturated carbocycles. The van der Waals surface area contributed by atoms with Crippen LogP contribution in [0.5, 0.6) is 5.75 Å². The van der Waals surface area contributed by atoms with Crippen molar-refractivity contribution in [1.29, 1.82) is 0 Å². The van der Waals surface area contributed by atoms with Crippen LogP contribution in [0.4, 0.5) is 11.4 Å². The molecule has 7 heteroatoms. The summed E-state index contributed by atoms with van der Waals surface area (Å²) in [6, 6.07) is 6.26. The van der Waals surface area contributed by atoms with E-state index in [-0.39, 0.29) is 0 Å². The summed E-state index contributed by atoms with van der Waals surface area (Å²) in [5.41, 5.74) is 1.69. The number of rotatable bonds is 3. The predicted molar refractivity (Wildman–Crippen MR) is 90.2 cm³/mol. The average molecular weight is 344 g/mol. The van der Waals surface area contributed by atoms with Crippen LogP contribution in [0, 0.1) is 5.92 Å². The smallest absolute Gasteiger partial charge is 0.329 e. The molecule has 0 aromatic heterocycles. The predicted octanol–water partition coefficient (Wildman–Crippen LogP) is 2.20. The van der Waals surface area contributed by atoms with E-state index in [1.807, 2.05) is 18.2 Å². The van der Waals surface area contributed by atoms with E-state index in [4.69, 9.17) is 14.2 Å². The Morgan fingerprint density at radius 1 is 1.20 bits per heavy atom. The minimum absolute atomic E-state index is 0.613. The lowest BCUT2D eigenvalue weighted by atomic mass is 10.1. The summed E-state index contributed by atoms with van der Waals surface area (Å²) in [5.74, 6) is -2.90. The highest BCUT2D eigenvalue weighted by atomic mass is 16.7. The normalized spacial score (nSPS) is 23.0. The van der Waals surface area contributed by atoms with Crippen molar-refractivity contribution in [3.8, 4) is 5.75 Å². The van der Waals surface area contributed by atoms with Gasteiger partial charge in [0, 0.05) is 32.2 Å². The van der Waals surface area contributed by atoms with E-state index in [0.29, 0.717) is 18.3 Å². The molecule has 1 saturated heterocycles. The molecule has 0 amide bonds. The fourth-order valence-corrected chi connectivity index (χ4v) is 3.09. The molecule has 0 bridgehead atoms. The second-order valence-corrected chi connectivity index (χ2v) is 6.92. The molecule has 2 fully saturated rings. The molecule has 132 valence electrons. The summed E-state index contributed by atoms with van der Waals surface area (Å²) < 4.78 is 15.9. The number of benzene rings is 1. The van der Waals surface area contributed by atoms with E-state index in [1.54, 1.807) is 0 Å². The van der Waals surface area contributed by atoms with Gasteiger partial charge in [-0.15, -0.1) is 0 Å². The molecule has 1 aromatic rings. The zero-order valence-electron chi connectivity index (χ0n) is 14.2. The van der Waals surface area contributed by atoms with Gasteiger partial charge in [0.2, 0.25) is 0 Å². The van der Waals surface area contributed by atoms with E-state index >= 15 is 0 Å². The lowest BCUT2D eigenvalue weighted by Crippen LogP contribution is -2.46. The molecule has 0 spiro atoms. The maximum absolute atomic E-state index is 12.0. The lowest BCUT2D eigenvalue weighted by Gasteiger charge is -2.31. The summed E-state index contributed by atoms with van der Waals surface area (Å²) in [6.07, 6.45) is 3.71. The number of cyclic esters (lactones) is 2. The molecule has 4 rings (SSSR count). The van der Waals surface area contributed by atoms with Crippen molar-refractivity contribution in [1.82, 2.24) is 0 Å². The number of carbonyl (C=O) groups is 2. The third-order valence-corrected chi connectivity index (χ3v) is 4.40. The Hall–Kier alpha value is -2.57. The summed E-state index contributed by atoms with van der Waals surface area (Å²) in [4.78, 5) is 30.5. The van der Waals surface area contributed by atoms with Crippen LogP contribution in [0.1, 0.15) is 26.7 Å². The fourth-order valence-electron chi connectivity index (χ4n) is 3.09. The van der Waals surface area contributed by atoms with Crippen LogP contribution >= 0.6 is 0 Å². The molecule has 0 N–H and O–H groups in total. The van der Waals surface area contributed by atoms with Gasteiger partial charge in [-0.3, -0.25) is 14.6 Å². The average Bonchev–Trinajstić information content (AvgIpc) is 3.37. The van der Waals surface area contributed by atoms with Crippen LogP contribution in [0.15, 0.2) is 23.2 Å². The van der Waals surface area contributed by atoms with E-state index in [9.17, 15) is 9.59 Å². The second-order valence-electron chi connectivity index (χ2n) is 6.92. The first-order valence-electron chi connectivity index (χ1n) is 8.46. The molecule has 1 aromatic carbocycles. The Morgan fingerprint density at radius 3 is 2.60 bits per heavy atom. The zero-order valence-corrected chi connectivity index (χ0v) is 14.2. The molecular formula is C18H20N2O5. The molecule has 0 radical (unpaired) electrons. The molecular weight excluding hydrogens is 324 g/mol. The maximum atomic E-state index is 12.0. The summed E-state index contributed by atoms with van der Waals surface area (Å²) >= 11 is 0. The maximum Gasteiger partial charge on any atom is 0.329 e. The highest BCUT2D eigenvalue weighted by Crippen LogP contribution is 2.40. The largest absolute Gasteiger partial charge is 0.489 e. The van der Waals surface area contributed by atoms with Crippen molar-refractivity contribution in [2.45, 2.75) is 38.5 Å².